The third kappa shape index (κ3) is 1710. The van der Waals surface area contributed by atoms with Gasteiger partial charge in [-0.1, -0.05) is 0 Å². The summed E-state index contributed by atoms with van der Waals surface area (Å²) in [5.41, 5.74) is 0. The molecular formula is NNiO7S. The van der Waals surface area contributed by atoms with E-state index in [2.05, 4.69) is 0 Å². The second kappa shape index (κ2) is 6.68. The van der Waals surface area contributed by atoms with Crippen LogP contribution >= 0.6 is 0 Å². The van der Waals surface area contributed by atoms with Gasteiger partial charge in [0.1, 0.15) is 0 Å². The van der Waals surface area contributed by atoms with Gasteiger partial charge in [-0.15, -0.1) is 0 Å². The van der Waals surface area contributed by atoms with Crippen molar-refractivity contribution in [2.24, 2.45) is 0 Å². The molecule has 0 aliphatic rings. The van der Waals surface area contributed by atoms with Crippen LogP contribution < -0.4 is 0 Å². The fourth-order valence-corrected chi connectivity index (χ4v) is 0. The zero-order valence-corrected chi connectivity index (χ0v) is 5.83. The van der Waals surface area contributed by atoms with Gasteiger partial charge in [0.2, 0.25) is 0 Å². The Morgan fingerprint density at radius 3 is 1.10 bits per heavy atom. The second-order valence-corrected chi connectivity index (χ2v) is 1.45. The van der Waals surface area contributed by atoms with Crippen LogP contribution in [-0.2, 0) is 26.9 Å². The van der Waals surface area contributed by atoms with E-state index in [1.165, 1.54) is 0 Å². The van der Waals surface area contributed by atoms with Crippen LogP contribution in [0.15, 0.2) is 0 Å². The Morgan fingerprint density at radius 1 is 1.10 bits per heavy atom. The van der Waals surface area contributed by atoms with E-state index in [4.69, 9.17) is 32.8 Å². The third-order valence-electron chi connectivity index (χ3n) is 0. The number of rotatable bonds is 0. The minimum atomic E-state index is -5.17. The van der Waals surface area contributed by atoms with Crippen molar-refractivity contribution in [3.05, 3.63) is 15.3 Å². The number of nitrogens with zero attached hydrogens (tertiary/aromatic N) is 1. The zero-order valence-electron chi connectivity index (χ0n) is 4.03. The first kappa shape index (κ1) is 16.3. The smallest absolute Gasteiger partial charge is 0.759 e. The Labute approximate surface area is 65.5 Å². The van der Waals surface area contributed by atoms with Crippen molar-refractivity contribution < 1.29 is 39.1 Å². The first-order valence-electron chi connectivity index (χ1n) is 1.21. The summed E-state index contributed by atoms with van der Waals surface area (Å²) in [6.45, 7) is 0. The third-order valence-corrected chi connectivity index (χ3v) is 0. The van der Waals surface area contributed by atoms with Gasteiger partial charge in [-0.2, -0.15) is 0 Å². The molecule has 0 saturated heterocycles. The fraction of sp³-hybridized carbons (Fsp3) is 0. The van der Waals surface area contributed by atoms with Gasteiger partial charge in [0.25, 0.3) is 0 Å². The van der Waals surface area contributed by atoms with Gasteiger partial charge in [-0.05, 0) is 0 Å². The van der Waals surface area contributed by atoms with Gasteiger partial charge in [-0.25, -0.2) is 0 Å². The van der Waals surface area contributed by atoms with Gasteiger partial charge in [-0.3, -0.25) is 8.42 Å². The van der Waals surface area contributed by atoms with Gasteiger partial charge in [0.05, 0.1) is 5.09 Å². The Bertz CT molecular complexity index is 156. The molecule has 0 saturated carbocycles. The van der Waals surface area contributed by atoms with Crippen molar-refractivity contribution in [1.29, 1.82) is 0 Å². The van der Waals surface area contributed by atoms with Crippen molar-refractivity contribution in [2.45, 2.75) is 0 Å². The van der Waals surface area contributed by atoms with E-state index in [0.717, 1.165) is 0 Å². The molecule has 0 N–H and O–H groups in total. The first-order valence-corrected chi connectivity index (χ1v) is 2.55. The van der Waals surface area contributed by atoms with E-state index in [1.54, 1.807) is 0 Å². The molecule has 0 aromatic heterocycles. The molecule has 0 fully saturated rings. The Morgan fingerprint density at radius 2 is 1.10 bits per heavy atom. The topological polar surface area (TPSA) is 146 Å². The van der Waals surface area contributed by atoms with Crippen LogP contribution in [0.4, 0.5) is 0 Å². The fourth-order valence-electron chi connectivity index (χ4n) is 0. The zero-order chi connectivity index (χ0) is 8.08. The molecule has 0 aromatic rings. The Kier molecular flexibility index (Phi) is 10.9. The van der Waals surface area contributed by atoms with E-state index in [-0.39, 0.29) is 16.5 Å². The number of hydrogen-bond donors (Lipinski definition) is 0. The van der Waals surface area contributed by atoms with Crippen molar-refractivity contribution >= 4 is 10.4 Å². The summed E-state index contributed by atoms with van der Waals surface area (Å²) >= 11 is 0. The summed E-state index contributed by atoms with van der Waals surface area (Å²) in [6.07, 6.45) is 0. The maximum Gasteiger partial charge on any atom is 3.00 e. The Hall–Kier alpha value is -0.436. The van der Waals surface area contributed by atoms with Crippen molar-refractivity contribution in [1.82, 2.24) is 0 Å². The van der Waals surface area contributed by atoms with E-state index in [0.29, 0.717) is 0 Å². The molecule has 0 heterocycles. The van der Waals surface area contributed by atoms with Gasteiger partial charge in [0.15, 0.2) is 0 Å². The predicted molar refractivity (Wildman–Crippen MR) is 20.8 cm³/mol. The van der Waals surface area contributed by atoms with Crippen LogP contribution in [0.1, 0.15) is 0 Å². The standard InChI is InChI=1S/NO3.Ni.H2O4S/c2-1(3)4;;1-5(2,3)4/h;;(H2,1,2,3,4)/q-1;+3;/p-2. The van der Waals surface area contributed by atoms with Crippen LogP contribution in [0, 0.1) is 15.3 Å². The molecule has 0 aromatic carbocycles. The molecule has 0 amide bonds. The van der Waals surface area contributed by atoms with Crippen molar-refractivity contribution in [2.75, 3.05) is 0 Å². The van der Waals surface area contributed by atoms with Gasteiger partial charge < -0.3 is 24.4 Å². The van der Waals surface area contributed by atoms with Gasteiger partial charge in [0, 0.05) is 10.4 Å². The van der Waals surface area contributed by atoms with E-state index >= 15 is 0 Å². The molecule has 0 atom stereocenters. The molecule has 1 radical (unpaired) electrons. The van der Waals surface area contributed by atoms with Crippen LogP contribution in [-0.4, -0.2) is 22.6 Å². The van der Waals surface area contributed by atoms with E-state index < -0.39 is 15.5 Å². The van der Waals surface area contributed by atoms with Crippen LogP contribution in [0.2, 0.25) is 0 Å². The average molecular weight is 217 g/mol. The van der Waals surface area contributed by atoms with Crippen LogP contribution in [0.5, 0.6) is 0 Å². The SMILES string of the molecule is O=S(=O)([O-])[O-].O=[N+]([O-])[O-].[Ni+3]. The molecule has 0 unspecified atom stereocenters. The summed E-state index contributed by atoms with van der Waals surface area (Å²) in [4.78, 5) is 8.25. The number of hydrogen-bond acceptors (Lipinski definition) is 7. The summed E-state index contributed by atoms with van der Waals surface area (Å²) < 4.78 is 34.1. The normalized spacial score (nSPS) is 8.20. The van der Waals surface area contributed by atoms with Crippen LogP contribution in [0.3, 0.4) is 0 Å². The second-order valence-electron chi connectivity index (χ2n) is 0.632. The van der Waals surface area contributed by atoms with E-state index in [1.807, 2.05) is 0 Å². The molecule has 0 rings (SSSR count). The molecule has 0 bridgehead atoms. The van der Waals surface area contributed by atoms with Crippen molar-refractivity contribution in [3.8, 4) is 0 Å². The quantitative estimate of drug-likeness (QED) is 0.156. The maximum absolute atomic E-state index is 8.52. The molecule has 0 spiro atoms. The summed E-state index contributed by atoms with van der Waals surface area (Å²) in [7, 11) is -5.17. The molecular weight excluding hydrogens is 217 g/mol. The summed E-state index contributed by atoms with van der Waals surface area (Å²) in [6, 6.07) is 0. The summed E-state index contributed by atoms with van der Waals surface area (Å²) in [5, 5.41) is 14.8. The molecule has 0 aliphatic carbocycles. The first-order chi connectivity index (χ1) is 3.73. The summed E-state index contributed by atoms with van der Waals surface area (Å²) in [5.74, 6) is 0. The maximum atomic E-state index is 8.52. The predicted octanol–water partition coefficient (Wildman–Crippen LogP) is -1.58. The minimum Gasteiger partial charge on any atom is -0.759 e. The Balaban J connectivity index is -0.0000000910. The minimum absolute atomic E-state index is 0. The molecule has 10 heteroatoms. The molecule has 8 nitrogen and oxygen atoms in total. The molecule has 63 valence electrons. The average Bonchev–Trinajstić information content (AvgIpc) is 1.19. The molecule has 0 aliphatic heterocycles. The largest absolute Gasteiger partial charge is 3.00 e. The van der Waals surface area contributed by atoms with E-state index in [9.17, 15) is 0 Å². The molecule has 10 heavy (non-hydrogen) atoms. The van der Waals surface area contributed by atoms with Crippen molar-refractivity contribution in [3.63, 3.8) is 0 Å². The monoisotopic (exact) mass is 216 g/mol. The van der Waals surface area contributed by atoms with Gasteiger partial charge >= 0.3 is 16.5 Å². The van der Waals surface area contributed by atoms with Crippen LogP contribution in [0.25, 0.3) is 0 Å².